The number of halogens is 1. The van der Waals surface area contributed by atoms with E-state index in [2.05, 4.69) is 5.32 Å². The second-order valence-corrected chi connectivity index (χ2v) is 10.9. The lowest BCUT2D eigenvalue weighted by Gasteiger charge is -2.32. The number of nitrogens with one attached hydrogen (secondary N) is 1. The number of benzene rings is 3. The van der Waals surface area contributed by atoms with Gasteiger partial charge in [0.2, 0.25) is 11.8 Å². The standard InChI is InChI=1S/C28H32ClN3O6S/c1-5-30-28(34)20(2)31(18-21-9-8-10-22(29)17-21)27(33)19-32(25-11-6-7-12-26(25)38-4)39(35,36)24-15-13-23(37-3)14-16-24/h6-17,20H,5,18-19H2,1-4H3,(H,30,34). The van der Waals surface area contributed by atoms with Crippen LogP contribution in [0.3, 0.4) is 0 Å². The van der Waals surface area contributed by atoms with Gasteiger partial charge in [-0.25, -0.2) is 8.42 Å². The van der Waals surface area contributed by atoms with Gasteiger partial charge in [0.25, 0.3) is 10.0 Å². The fourth-order valence-electron chi connectivity index (χ4n) is 3.96. The molecule has 0 aliphatic rings. The van der Waals surface area contributed by atoms with Gasteiger partial charge in [0.05, 0.1) is 24.8 Å². The van der Waals surface area contributed by atoms with E-state index in [4.69, 9.17) is 21.1 Å². The Kier molecular flexibility index (Phi) is 10.2. The molecule has 0 spiro atoms. The van der Waals surface area contributed by atoms with Crippen LogP contribution in [-0.4, -0.2) is 58.5 Å². The Balaban J connectivity index is 2.07. The maximum absolute atomic E-state index is 13.9. The molecule has 9 nitrogen and oxygen atoms in total. The number of hydrogen-bond acceptors (Lipinski definition) is 6. The molecule has 11 heteroatoms. The summed E-state index contributed by atoms with van der Waals surface area (Å²) >= 11 is 6.15. The van der Waals surface area contributed by atoms with Crippen molar-refractivity contribution in [3.05, 3.63) is 83.4 Å². The van der Waals surface area contributed by atoms with Crippen molar-refractivity contribution in [2.75, 3.05) is 31.6 Å². The second kappa shape index (κ2) is 13.3. The number of ether oxygens (including phenoxy) is 2. The molecule has 0 bridgehead atoms. The highest BCUT2D eigenvalue weighted by Crippen LogP contribution is 2.33. The molecular formula is C28H32ClN3O6S. The average molecular weight is 574 g/mol. The summed E-state index contributed by atoms with van der Waals surface area (Å²) in [6.45, 7) is 3.21. The van der Waals surface area contributed by atoms with E-state index in [-0.39, 0.29) is 28.8 Å². The first-order valence-electron chi connectivity index (χ1n) is 12.2. The molecule has 1 atom stereocenters. The van der Waals surface area contributed by atoms with Crippen LogP contribution in [0.2, 0.25) is 5.02 Å². The quantitative estimate of drug-likeness (QED) is 0.350. The molecule has 1 unspecified atom stereocenters. The van der Waals surface area contributed by atoms with E-state index in [0.717, 1.165) is 4.31 Å². The van der Waals surface area contributed by atoms with E-state index in [1.807, 2.05) is 0 Å². The van der Waals surface area contributed by atoms with Crippen LogP contribution in [-0.2, 0) is 26.2 Å². The minimum atomic E-state index is -4.25. The smallest absolute Gasteiger partial charge is 0.264 e. The lowest BCUT2D eigenvalue weighted by Crippen LogP contribution is -2.51. The minimum Gasteiger partial charge on any atom is -0.497 e. The number of sulfonamides is 1. The molecule has 0 saturated carbocycles. The predicted molar refractivity (Wildman–Crippen MR) is 151 cm³/mol. The van der Waals surface area contributed by atoms with Crippen LogP contribution >= 0.6 is 11.6 Å². The van der Waals surface area contributed by atoms with Crippen LogP contribution in [0.5, 0.6) is 11.5 Å². The second-order valence-electron chi connectivity index (χ2n) is 8.58. The van der Waals surface area contributed by atoms with Gasteiger partial charge in [-0.05, 0) is 67.9 Å². The summed E-state index contributed by atoms with van der Waals surface area (Å²) in [5, 5.41) is 3.20. The van der Waals surface area contributed by atoms with Crippen LogP contribution in [0.15, 0.2) is 77.7 Å². The number of para-hydroxylation sites is 2. The molecule has 3 rings (SSSR count). The predicted octanol–water partition coefficient (Wildman–Crippen LogP) is 4.11. The summed E-state index contributed by atoms with van der Waals surface area (Å²) in [4.78, 5) is 28.0. The van der Waals surface area contributed by atoms with Gasteiger partial charge >= 0.3 is 0 Å². The van der Waals surface area contributed by atoms with E-state index in [1.54, 1.807) is 62.4 Å². The molecular weight excluding hydrogens is 542 g/mol. The molecule has 0 fully saturated rings. The Bertz CT molecular complexity index is 1400. The zero-order valence-corrected chi connectivity index (χ0v) is 23.8. The first-order valence-corrected chi connectivity index (χ1v) is 14.1. The van der Waals surface area contributed by atoms with Crippen molar-refractivity contribution in [2.24, 2.45) is 0 Å². The Labute approximate surface area is 234 Å². The van der Waals surface area contributed by atoms with Gasteiger partial charge in [-0.2, -0.15) is 0 Å². The van der Waals surface area contributed by atoms with E-state index < -0.39 is 28.5 Å². The topological polar surface area (TPSA) is 105 Å². The van der Waals surface area contributed by atoms with Crippen molar-refractivity contribution < 1.29 is 27.5 Å². The third kappa shape index (κ3) is 7.21. The molecule has 1 N–H and O–H groups in total. The third-order valence-electron chi connectivity index (χ3n) is 6.04. The highest BCUT2D eigenvalue weighted by atomic mass is 35.5. The Morgan fingerprint density at radius 3 is 2.28 bits per heavy atom. The summed E-state index contributed by atoms with van der Waals surface area (Å²) in [5.74, 6) is -0.204. The number of carbonyl (C=O) groups excluding carboxylic acids is 2. The highest BCUT2D eigenvalue weighted by Gasteiger charge is 2.33. The Morgan fingerprint density at radius 1 is 0.974 bits per heavy atom. The Hall–Kier alpha value is -3.76. The van der Waals surface area contributed by atoms with Crippen LogP contribution < -0.4 is 19.1 Å². The number of anilines is 1. The summed E-state index contributed by atoms with van der Waals surface area (Å²) in [6.07, 6.45) is 0. The molecule has 3 aromatic rings. The summed E-state index contributed by atoms with van der Waals surface area (Å²) in [5.41, 5.74) is 0.867. The molecule has 39 heavy (non-hydrogen) atoms. The monoisotopic (exact) mass is 573 g/mol. The SMILES string of the molecule is CCNC(=O)C(C)N(Cc1cccc(Cl)c1)C(=O)CN(c1ccccc1OC)S(=O)(=O)c1ccc(OC)cc1. The van der Waals surface area contributed by atoms with Crippen molar-refractivity contribution in [1.82, 2.24) is 10.2 Å². The van der Waals surface area contributed by atoms with E-state index in [0.29, 0.717) is 22.9 Å². The molecule has 0 saturated heterocycles. The van der Waals surface area contributed by atoms with Gasteiger partial charge < -0.3 is 19.7 Å². The first kappa shape index (κ1) is 29.8. The van der Waals surface area contributed by atoms with Gasteiger partial charge in [-0.1, -0.05) is 35.9 Å². The number of nitrogens with zero attached hydrogens (tertiary/aromatic N) is 2. The summed E-state index contributed by atoms with van der Waals surface area (Å²) in [6, 6.07) is 18.4. The molecule has 0 heterocycles. The maximum atomic E-state index is 13.9. The van der Waals surface area contributed by atoms with Gasteiger partial charge in [-0.3, -0.25) is 13.9 Å². The summed E-state index contributed by atoms with van der Waals surface area (Å²) in [7, 11) is -1.35. The number of methoxy groups -OCH3 is 2. The van der Waals surface area contributed by atoms with Crippen LogP contribution in [0.4, 0.5) is 5.69 Å². The molecule has 0 aliphatic carbocycles. The summed E-state index contributed by atoms with van der Waals surface area (Å²) < 4.78 is 39.4. The zero-order valence-electron chi connectivity index (χ0n) is 22.3. The van der Waals surface area contributed by atoms with Crippen molar-refractivity contribution >= 4 is 39.1 Å². The van der Waals surface area contributed by atoms with E-state index >= 15 is 0 Å². The lowest BCUT2D eigenvalue weighted by molar-refractivity contribution is -0.139. The molecule has 0 radical (unpaired) electrons. The molecule has 0 aliphatic heterocycles. The van der Waals surface area contributed by atoms with Gasteiger partial charge in [0.15, 0.2) is 0 Å². The van der Waals surface area contributed by atoms with Crippen LogP contribution in [0.1, 0.15) is 19.4 Å². The first-order chi connectivity index (χ1) is 18.6. The number of hydrogen-bond donors (Lipinski definition) is 1. The molecule has 0 aromatic heterocycles. The fraction of sp³-hybridized carbons (Fsp3) is 0.286. The van der Waals surface area contributed by atoms with Gasteiger partial charge in [0.1, 0.15) is 24.1 Å². The molecule has 3 aromatic carbocycles. The highest BCUT2D eigenvalue weighted by molar-refractivity contribution is 7.92. The normalized spacial score (nSPS) is 11.8. The fourth-order valence-corrected chi connectivity index (χ4v) is 5.60. The van der Waals surface area contributed by atoms with Gasteiger partial charge in [-0.15, -0.1) is 0 Å². The molecule has 208 valence electrons. The number of carbonyl (C=O) groups is 2. The van der Waals surface area contributed by atoms with Crippen LogP contribution in [0, 0.1) is 0 Å². The third-order valence-corrected chi connectivity index (χ3v) is 8.05. The minimum absolute atomic E-state index is 0.0415. The van der Waals surface area contributed by atoms with Gasteiger partial charge in [0, 0.05) is 18.1 Å². The van der Waals surface area contributed by atoms with E-state index in [9.17, 15) is 18.0 Å². The number of rotatable bonds is 12. The number of amides is 2. The molecule has 2 amide bonds. The zero-order chi connectivity index (χ0) is 28.6. The van der Waals surface area contributed by atoms with Crippen molar-refractivity contribution in [1.29, 1.82) is 0 Å². The average Bonchev–Trinajstić information content (AvgIpc) is 2.94. The van der Waals surface area contributed by atoms with Crippen molar-refractivity contribution in [2.45, 2.75) is 31.3 Å². The van der Waals surface area contributed by atoms with E-state index in [1.165, 1.54) is 43.4 Å². The van der Waals surface area contributed by atoms with Crippen LogP contribution in [0.25, 0.3) is 0 Å². The largest absolute Gasteiger partial charge is 0.497 e. The van der Waals surface area contributed by atoms with Crippen molar-refractivity contribution in [3.8, 4) is 11.5 Å². The number of likely N-dealkylation sites (N-methyl/N-ethyl adjacent to an activating group) is 1. The Morgan fingerprint density at radius 2 is 1.67 bits per heavy atom. The lowest BCUT2D eigenvalue weighted by atomic mass is 10.1. The van der Waals surface area contributed by atoms with Crippen molar-refractivity contribution in [3.63, 3.8) is 0 Å². The maximum Gasteiger partial charge on any atom is 0.264 e.